The van der Waals surface area contributed by atoms with Gasteiger partial charge in [0.1, 0.15) is 22.7 Å². The number of para-hydroxylation sites is 2. The zero-order chi connectivity index (χ0) is 28.5. The Morgan fingerprint density at radius 3 is 2.33 bits per heavy atom. The molecule has 8 aromatic rings. The maximum atomic E-state index is 7.50. The standard InChI is InChI=1S/C38H22N2O3/c1-39-24-14-17-33-30(20-24)27-7-2-4-10-32(27)40(33)25-15-16-28-31-19-23(13-18-34(31)41-22-42-37(28)21-25)26-9-6-12-36-38(26)29-8-3-5-11-35(29)43-36/h2-21H,22H2. The number of furan rings is 1. The monoisotopic (exact) mass is 554 g/mol. The first-order chi connectivity index (χ1) is 21.3. The molecule has 202 valence electrons. The van der Waals surface area contributed by atoms with Crippen LogP contribution in [-0.2, 0) is 0 Å². The van der Waals surface area contributed by atoms with E-state index in [1.54, 1.807) is 0 Å². The van der Waals surface area contributed by atoms with Crippen LogP contribution in [0, 0.1) is 6.57 Å². The van der Waals surface area contributed by atoms with E-state index in [1.807, 2.05) is 66.7 Å². The van der Waals surface area contributed by atoms with Gasteiger partial charge in [-0.15, -0.1) is 0 Å². The summed E-state index contributed by atoms with van der Waals surface area (Å²) in [5.74, 6) is 1.53. The predicted octanol–water partition coefficient (Wildman–Crippen LogP) is 10.3. The van der Waals surface area contributed by atoms with E-state index in [9.17, 15) is 0 Å². The molecule has 3 heterocycles. The normalized spacial score (nSPS) is 12.4. The van der Waals surface area contributed by atoms with Crippen LogP contribution in [0.2, 0.25) is 0 Å². The summed E-state index contributed by atoms with van der Waals surface area (Å²) in [6, 6.07) is 41.2. The minimum absolute atomic E-state index is 0.117. The first-order valence-corrected chi connectivity index (χ1v) is 14.1. The molecule has 9 rings (SSSR count). The number of ether oxygens (including phenoxy) is 2. The van der Waals surface area contributed by atoms with Gasteiger partial charge in [-0.25, -0.2) is 4.85 Å². The van der Waals surface area contributed by atoms with Crippen LogP contribution in [0.4, 0.5) is 5.69 Å². The maximum Gasteiger partial charge on any atom is 0.230 e. The van der Waals surface area contributed by atoms with E-state index < -0.39 is 0 Å². The van der Waals surface area contributed by atoms with Gasteiger partial charge in [-0.2, -0.15) is 0 Å². The summed E-state index contributed by atoms with van der Waals surface area (Å²) in [6.07, 6.45) is 0. The topological polar surface area (TPSA) is 40.9 Å². The first kappa shape index (κ1) is 23.7. The smallest absolute Gasteiger partial charge is 0.230 e. The zero-order valence-electron chi connectivity index (χ0n) is 22.9. The summed E-state index contributed by atoms with van der Waals surface area (Å²) in [7, 11) is 0. The Hall–Kier alpha value is -5.99. The Morgan fingerprint density at radius 1 is 0.581 bits per heavy atom. The molecule has 6 aromatic carbocycles. The molecule has 1 aliphatic heterocycles. The molecule has 0 aliphatic carbocycles. The number of nitrogens with zero attached hydrogens (tertiary/aromatic N) is 2. The first-order valence-electron chi connectivity index (χ1n) is 14.1. The van der Waals surface area contributed by atoms with Gasteiger partial charge in [0.05, 0.1) is 17.6 Å². The summed E-state index contributed by atoms with van der Waals surface area (Å²) in [5, 5.41) is 4.37. The van der Waals surface area contributed by atoms with Crippen LogP contribution in [0.3, 0.4) is 0 Å². The third-order valence-corrected chi connectivity index (χ3v) is 8.42. The molecule has 0 unspecified atom stereocenters. The number of hydrogen-bond donors (Lipinski definition) is 0. The van der Waals surface area contributed by atoms with Crippen molar-refractivity contribution >= 4 is 49.4 Å². The lowest BCUT2D eigenvalue weighted by Gasteiger charge is -2.13. The van der Waals surface area contributed by atoms with Crippen molar-refractivity contribution in [1.82, 2.24) is 4.57 Å². The van der Waals surface area contributed by atoms with E-state index in [4.69, 9.17) is 20.5 Å². The SMILES string of the molecule is [C-]#[N+]c1ccc2c(c1)c1ccccc1n2-c1ccc2c(c1)OCOc1ccc(-c3cccc4oc5ccccc5c34)cc1-2. The molecule has 0 bridgehead atoms. The third-order valence-electron chi connectivity index (χ3n) is 8.42. The predicted molar refractivity (Wildman–Crippen MR) is 171 cm³/mol. The zero-order valence-corrected chi connectivity index (χ0v) is 22.9. The molecule has 0 spiro atoms. The highest BCUT2D eigenvalue weighted by Gasteiger charge is 2.21. The molecule has 0 N–H and O–H groups in total. The second-order valence-electron chi connectivity index (χ2n) is 10.7. The minimum atomic E-state index is 0.117. The van der Waals surface area contributed by atoms with Gasteiger partial charge >= 0.3 is 0 Å². The van der Waals surface area contributed by atoms with E-state index in [0.717, 1.165) is 83.2 Å². The summed E-state index contributed by atoms with van der Waals surface area (Å²) in [4.78, 5) is 3.66. The Bertz CT molecular complexity index is 2460. The van der Waals surface area contributed by atoms with Crippen molar-refractivity contribution in [3.63, 3.8) is 0 Å². The molecular weight excluding hydrogens is 532 g/mol. The van der Waals surface area contributed by atoms with Crippen molar-refractivity contribution in [3.8, 4) is 39.4 Å². The van der Waals surface area contributed by atoms with Gasteiger partial charge in [0.15, 0.2) is 5.69 Å². The van der Waals surface area contributed by atoms with E-state index in [2.05, 4.69) is 64.0 Å². The molecule has 5 nitrogen and oxygen atoms in total. The molecule has 1 aliphatic rings. The van der Waals surface area contributed by atoms with Crippen LogP contribution < -0.4 is 9.47 Å². The van der Waals surface area contributed by atoms with Crippen molar-refractivity contribution in [2.45, 2.75) is 0 Å². The van der Waals surface area contributed by atoms with Crippen LogP contribution in [-0.4, -0.2) is 11.4 Å². The van der Waals surface area contributed by atoms with Crippen molar-refractivity contribution in [2.24, 2.45) is 0 Å². The number of benzene rings is 6. The summed E-state index contributed by atoms with van der Waals surface area (Å²) in [5.41, 5.74) is 9.61. The number of fused-ring (bicyclic) bond motifs is 9. The molecule has 0 fully saturated rings. The van der Waals surface area contributed by atoms with Gasteiger partial charge in [-0.05, 0) is 71.1 Å². The van der Waals surface area contributed by atoms with Crippen molar-refractivity contribution in [2.75, 3.05) is 6.79 Å². The minimum Gasteiger partial charge on any atom is -0.457 e. The lowest BCUT2D eigenvalue weighted by atomic mass is 9.95. The average molecular weight is 555 g/mol. The van der Waals surface area contributed by atoms with Crippen molar-refractivity contribution < 1.29 is 13.9 Å². The lowest BCUT2D eigenvalue weighted by molar-refractivity contribution is 0.125. The second-order valence-corrected chi connectivity index (χ2v) is 10.7. The molecule has 0 radical (unpaired) electrons. The Labute approximate surface area is 246 Å². The number of hydrogen-bond acceptors (Lipinski definition) is 3. The highest BCUT2D eigenvalue weighted by atomic mass is 16.7. The van der Waals surface area contributed by atoms with E-state index in [-0.39, 0.29) is 6.79 Å². The summed E-state index contributed by atoms with van der Waals surface area (Å²) >= 11 is 0. The fourth-order valence-corrected chi connectivity index (χ4v) is 6.51. The van der Waals surface area contributed by atoms with Crippen LogP contribution >= 0.6 is 0 Å². The molecule has 0 saturated heterocycles. The fraction of sp³-hybridized carbons (Fsp3) is 0.0263. The Kier molecular flexibility index (Phi) is 4.96. The van der Waals surface area contributed by atoms with Crippen LogP contribution in [0.25, 0.3) is 76.5 Å². The van der Waals surface area contributed by atoms with Gasteiger partial charge in [0, 0.05) is 39.0 Å². The van der Waals surface area contributed by atoms with Crippen LogP contribution in [0.1, 0.15) is 0 Å². The molecule has 0 saturated carbocycles. The molecule has 43 heavy (non-hydrogen) atoms. The molecule has 0 amide bonds. The third kappa shape index (κ3) is 3.51. The Balaban J connectivity index is 1.22. The second kappa shape index (κ2) is 9.01. The van der Waals surface area contributed by atoms with Gasteiger partial charge < -0.3 is 18.5 Å². The number of rotatable bonds is 2. The highest BCUT2D eigenvalue weighted by Crippen LogP contribution is 2.45. The fourth-order valence-electron chi connectivity index (χ4n) is 6.51. The summed E-state index contributed by atoms with van der Waals surface area (Å²) in [6.45, 7) is 7.62. The quantitative estimate of drug-likeness (QED) is 0.200. The molecule has 2 aromatic heterocycles. The number of aromatic nitrogens is 1. The van der Waals surface area contributed by atoms with E-state index in [0.29, 0.717) is 5.69 Å². The van der Waals surface area contributed by atoms with E-state index >= 15 is 0 Å². The molecule has 5 heteroatoms. The maximum absolute atomic E-state index is 7.50. The lowest BCUT2D eigenvalue weighted by Crippen LogP contribution is -2.04. The molecular formula is C38H22N2O3. The van der Waals surface area contributed by atoms with Gasteiger partial charge in [-0.1, -0.05) is 60.7 Å². The highest BCUT2D eigenvalue weighted by molar-refractivity contribution is 6.13. The van der Waals surface area contributed by atoms with Gasteiger partial charge in [-0.3, -0.25) is 0 Å². The van der Waals surface area contributed by atoms with Crippen LogP contribution in [0.5, 0.6) is 11.5 Å². The van der Waals surface area contributed by atoms with Gasteiger partial charge in [0.25, 0.3) is 0 Å². The van der Waals surface area contributed by atoms with E-state index in [1.165, 1.54) is 0 Å². The molecule has 0 atom stereocenters. The van der Waals surface area contributed by atoms with Crippen molar-refractivity contribution in [1.29, 1.82) is 0 Å². The summed E-state index contributed by atoms with van der Waals surface area (Å²) < 4.78 is 20.7. The van der Waals surface area contributed by atoms with Crippen molar-refractivity contribution in [3.05, 3.63) is 133 Å². The Morgan fingerprint density at radius 2 is 1.40 bits per heavy atom. The average Bonchev–Trinajstić information content (AvgIpc) is 3.54. The van der Waals surface area contributed by atoms with Gasteiger partial charge in [0.2, 0.25) is 6.79 Å². The van der Waals surface area contributed by atoms with Crippen LogP contribution in [0.15, 0.2) is 126 Å². The largest absolute Gasteiger partial charge is 0.457 e.